The Bertz CT molecular complexity index is 334. The first-order valence-corrected chi connectivity index (χ1v) is 4.95. The van der Waals surface area contributed by atoms with Crippen LogP contribution >= 0.6 is 0 Å². The molecule has 1 aliphatic rings. The molecule has 16 heavy (non-hydrogen) atoms. The van der Waals surface area contributed by atoms with Crippen LogP contribution in [0.2, 0.25) is 0 Å². The number of allylic oxidation sites excluding steroid dienone is 5. The van der Waals surface area contributed by atoms with E-state index in [9.17, 15) is 9.90 Å². The van der Waals surface area contributed by atoms with E-state index < -0.39 is 18.1 Å². The predicted molar refractivity (Wildman–Crippen MR) is 60.1 cm³/mol. The van der Waals surface area contributed by atoms with E-state index in [2.05, 4.69) is 10.2 Å². The molecule has 1 rings (SSSR count). The molecule has 0 unspecified atom stereocenters. The number of ether oxygens (including phenoxy) is 1. The highest BCUT2D eigenvalue weighted by Gasteiger charge is 2.28. The topological polar surface area (TPSA) is 84.6 Å². The van der Waals surface area contributed by atoms with Crippen molar-refractivity contribution in [1.29, 1.82) is 0 Å². The molecule has 0 aliphatic heterocycles. The van der Waals surface area contributed by atoms with Crippen molar-refractivity contribution in [1.82, 2.24) is 5.43 Å². The summed E-state index contributed by atoms with van der Waals surface area (Å²) in [4.78, 5) is 11.2. The average molecular weight is 224 g/mol. The van der Waals surface area contributed by atoms with Crippen molar-refractivity contribution in [2.75, 3.05) is 7.11 Å². The van der Waals surface area contributed by atoms with Crippen molar-refractivity contribution in [2.45, 2.75) is 18.6 Å². The minimum atomic E-state index is -1.30. The van der Waals surface area contributed by atoms with Gasteiger partial charge in [0.15, 0.2) is 6.10 Å². The van der Waals surface area contributed by atoms with Crippen LogP contribution in [0.25, 0.3) is 0 Å². The van der Waals surface area contributed by atoms with Gasteiger partial charge in [-0.15, -0.1) is 0 Å². The number of esters is 1. The van der Waals surface area contributed by atoms with E-state index in [-0.39, 0.29) is 0 Å². The number of nitrogens with two attached hydrogens (primary N) is 1. The smallest absolute Gasteiger partial charge is 0.336 e. The molecule has 88 valence electrons. The minimum absolute atomic E-state index is 0.621. The van der Waals surface area contributed by atoms with Crippen LogP contribution in [0.15, 0.2) is 36.0 Å². The van der Waals surface area contributed by atoms with Crippen molar-refractivity contribution in [3.63, 3.8) is 0 Å². The van der Waals surface area contributed by atoms with Gasteiger partial charge in [-0.05, 0) is 12.0 Å². The zero-order valence-corrected chi connectivity index (χ0v) is 9.09. The third-order valence-corrected chi connectivity index (χ3v) is 2.36. The Morgan fingerprint density at radius 1 is 1.56 bits per heavy atom. The number of hydrogen-bond acceptors (Lipinski definition) is 5. The lowest BCUT2D eigenvalue weighted by Crippen LogP contribution is -2.49. The van der Waals surface area contributed by atoms with Crippen LogP contribution < -0.4 is 11.3 Å². The number of methoxy groups -OCH3 is 1. The summed E-state index contributed by atoms with van der Waals surface area (Å²) in [5, 5.41) is 9.72. The largest absolute Gasteiger partial charge is 0.467 e. The summed E-state index contributed by atoms with van der Waals surface area (Å²) < 4.78 is 4.47. The van der Waals surface area contributed by atoms with E-state index in [1.165, 1.54) is 7.11 Å². The zero-order chi connectivity index (χ0) is 12.0. The van der Waals surface area contributed by atoms with E-state index in [1.54, 1.807) is 0 Å². The van der Waals surface area contributed by atoms with Gasteiger partial charge in [-0.2, -0.15) is 0 Å². The molecule has 0 saturated carbocycles. The highest BCUT2D eigenvalue weighted by atomic mass is 16.5. The molecule has 5 heteroatoms. The second-order valence-electron chi connectivity index (χ2n) is 3.37. The predicted octanol–water partition coefficient (Wildman–Crippen LogP) is -0.205. The minimum Gasteiger partial charge on any atom is -0.467 e. The number of rotatable bonds is 4. The Labute approximate surface area is 94.2 Å². The molecule has 0 fully saturated rings. The Kier molecular flexibility index (Phi) is 4.91. The average Bonchev–Trinajstić information content (AvgIpc) is 2.58. The molecule has 0 amide bonds. The second kappa shape index (κ2) is 6.22. The van der Waals surface area contributed by atoms with E-state index in [4.69, 9.17) is 5.84 Å². The lowest BCUT2D eigenvalue weighted by atomic mass is 9.99. The fourth-order valence-electron chi connectivity index (χ4n) is 1.48. The van der Waals surface area contributed by atoms with E-state index in [1.807, 2.05) is 30.4 Å². The number of carbonyl (C=O) groups excluding carboxylic acids is 1. The van der Waals surface area contributed by atoms with Crippen LogP contribution in [-0.2, 0) is 9.53 Å². The third-order valence-electron chi connectivity index (χ3n) is 2.36. The summed E-state index contributed by atoms with van der Waals surface area (Å²) in [5.41, 5.74) is 3.25. The molecular weight excluding hydrogens is 208 g/mol. The second-order valence-corrected chi connectivity index (χ2v) is 3.37. The highest BCUT2D eigenvalue weighted by Crippen LogP contribution is 2.15. The van der Waals surface area contributed by atoms with E-state index in [0.29, 0.717) is 6.42 Å². The van der Waals surface area contributed by atoms with Gasteiger partial charge in [0.05, 0.1) is 13.2 Å². The molecule has 0 aromatic carbocycles. The molecule has 2 atom stereocenters. The van der Waals surface area contributed by atoms with Gasteiger partial charge in [-0.3, -0.25) is 11.3 Å². The number of carbonyl (C=O) groups is 1. The molecule has 0 aromatic rings. The standard InChI is InChI=1S/C11H16N2O3/c1-16-11(15)10(14)9(13-12)8-6-4-2-3-5-7-8/h2-6,9-10,13-14H,7,12H2,1H3/t9-,10+/m0/s1. The lowest BCUT2D eigenvalue weighted by molar-refractivity contribution is -0.151. The molecule has 5 nitrogen and oxygen atoms in total. The molecule has 0 saturated heterocycles. The van der Waals surface area contributed by atoms with Crippen molar-refractivity contribution in [3.8, 4) is 0 Å². The first kappa shape index (κ1) is 12.6. The van der Waals surface area contributed by atoms with Crippen LogP contribution in [0.5, 0.6) is 0 Å². The Balaban J connectivity index is 2.81. The van der Waals surface area contributed by atoms with Gasteiger partial charge in [0.2, 0.25) is 0 Å². The number of aliphatic hydroxyl groups excluding tert-OH is 1. The van der Waals surface area contributed by atoms with Gasteiger partial charge in [-0.1, -0.05) is 30.4 Å². The molecule has 0 radical (unpaired) electrons. The SMILES string of the molecule is COC(=O)[C@H](O)[C@@H](NN)C1=CC=CC=CC1. The fraction of sp³-hybridized carbons (Fsp3) is 0.364. The molecule has 0 aromatic heterocycles. The third kappa shape index (κ3) is 3.03. The van der Waals surface area contributed by atoms with Crippen molar-refractivity contribution >= 4 is 5.97 Å². The molecular formula is C11H16N2O3. The molecule has 0 spiro atoms. The van der Waals surface area contributed by atoms with Crippen molar-refractivity contribution < 1.29 is 14.6 Å². The van der Waals surface area contributed by atoms with Crippen LogP contribution in [0, 0.1) is 0 Å². The Morgan fingerprint density at radius 3 is 2.94 bits per heavy atom. The summed E-state index contributed by atoms with van der Waals surface area (Å²) >= 11 is 0. The number of hydrogen-bond donors (Lipinski definition) is 3. The zero-order valence-electron chi connectivity index (χ0n) is 9.09. The fourth-order valence-corrected chi connectivity index (χ4v) is 1.48. The summed E-state index contributed by atoms with van der Waals surface area (Å²) in [6, 6.07) is -0.639. The molecule has 0 heterocycles. The summed E-state index contributed by atoms with van der Waals surface area (Å²) in [6.07, 6.45) is 8.64. The first-order chi connectivity index (χ1) is 7.70. The quantitative estimate of drug-likeness (QED) is 0.350. The summed E-state index contributed by atoms with van der Waals surface area (Å²) in [7, 11) is 1.22. The van der Waals surface area contributed by atoms with Crippen LogP contribution in [0.4, 0.5) is 0 Å². The van der Waals surface area contributed by atoms with Gasteiger partial charge in [0, 0.05) is 0 Å². The normalized spacial score (nSPS) is 18.6. The maximum Gasteiger partial charge on any atom is 0.336 e. The maximum atomic E-state index is 11.2. The lowest BCUT2D eigenvalue weighted by Gasteiger charge is -2.22. The number of aliphatic hydroxyl groups is 1. The Hall–Kier alpha value is -1.43. The van der Waals surface area contributed by atoms with E-state index >= 15 is 0 Å². The van der Waals surface area contributed by atoms with Gasteiger partial charge >= 0.3 is 5.97 Å². The summed E-state index contributed by atoms with van der Waals surface area (Å²) in [5.74, 6) is 4.63. The maximum absolute atomic E-state index is 11.2. The van der Waals surface area contributed by atoms with Gasteiger partial charge in [0.1, 0.15) is 0 Å². The highest BCUT2D eigenvalue weighted by molar-refractivity contribution is 5.75. The van der Waals surface area contributed by atoms with Crippen LogP contribution in [0.1, 0.15) is 6.42 Å². The summed E-state index contributed by atoms with van der Waals surface area (Å²) in [6.45, 7) is 0. The molecule has 4 N–H and O–H groups in total. The van der Waals surface area contributed by atoms with Gasteiger partial charge < -0.3 is 9.84 Å². The van der Waals surface area contributed by atoms with Crippen molar-refractivity contribution in [3.05, 3.63) is 36.0 Å². The van der Waals surface area contributed by atoms with Crippen molar-refractivity contribution in [2.24, 2.45) is 5.84 Å². The monoisotopic (exact) mass is 224 g/mol. The van der Waals surface area contributed by atoms with Crippen LogP contribution in [0.3, 0.4) is 0 Å². The van der Waals surface area contributed by atoms with Gasteiger partial charge in [0.25, 0.3) is 0 Å². The van der Waals surface area contributed by atoms with Gasteiger partial charge in [-0.25, -0.2) is 4.79 Å². The Morgan fingerprint density at radius 2 is 2.31 bits per heavy atom. The first-order valence-electron chi connectivity index (χ1n) is 4.95. The van der Waals surface area contributed by atoms with Crippen LogP contribution in [-0.4, -0.2) is 30.3 Å². The number of hydrazine groups is 1. The number of nitrogens with one attached hydrogen (secondary N) is 1. The van der Waals surface area contributed by atoms with E-state index in [0.717, 1.165) is 5.57 Å². The molecule has 0 bridgehead atoms. The molecule has 1 aliphatic carbocycles.